The third kappa shape index (κ3) is 1.28. The molecule has 1 amide bonds. The molecule has 3 heteroatoms. The standard InChI is InChI=1S/C10H9NO2/c12-9-6-7-10(13)11(9)8-4-2-1-3-5-8/h1-6,12H,7H2. The highest BCUT2D eigenvalue weighted by atomic mass is 16.3. The van der Waals surface area contributed by atoms with Crippen molar-refractivity contribution in [3.63, 3.8) is 0 Å². The van der Waals surface area contributed by atoms with Gasteiger partial charge in [-0.1, -0.05) is 18.2 Å². The zero-order chi connectivity index (χ0) is 9.26. The van der Waals surface area contributed by atoms with Crippen LogP contribution in [-0.4, -0.2) is 11.0 Å². The molecule has 1 N–H and O–H groups in total. The lowest BCUT2D eigenvalue weighted by Gasteiger charge is -2.15. The van der Waals surface area contributed by atoms with E-state index in [9.17, 15) is 9.90 Å². The van der Waals surface area contributed by atoms with Gasteiger partial charge in [0.05, 0.1) is 12.1 Å². The van der Waals surface area contributed by atoms with E-state index in [1.54, 1.807) is 12.1 Å². The van der Waals surface area contributed by atoms with Gasteiger partial charge in [-0.2, -0.15) is 0 Å². The lowest BCUT2D eigenvalue weighted by atomic mass is 10.3. The zero-order valence-corrected chi connectivity index (χ0v) is 6.97. The van der Waals surface area contributed by atoms with E-state index in [0.29, 0.717) is 5.69 Å². The lowest BCUT2D eigenvalue weighted by Crippen LogP contribution is -2.24. The molecule has 1 aliphatic rings. The van der Waals surface area contributed by atoms with E-state index < -0.39 is 0 Å². The van der Waals surface area contributed by atoms with Crippen molar-refractivity contribution in [2.75, 3.05) is 4.90 Å². The topological polar surface area (TPSA) is 40.5 Å². The van der Waals surface area contributed by atoms with Crippen LogP contribution in [-0.2, 0) is 4.79 Å². The highest BCUT2D eigenvalue weighted by molar-refractivity contribution is 5.99. The van der Waals surface area contributed by atoms with Crippen molar-refractivity contribution >= 4 is 11.6 Å². The van der Waals surface area contributed by atoms with Gasteiger partial charge in [-0.3, -0.25) is 9.69 Å². The fraction of sp³-hybridized carbons (Fsp3) is 0.100. The Labute approximate surface area is 75.9 Å². The van der Waals surface area contributed by atoms with Crippen molar-refractivity contribution in [2.24, 2.45) is 0 Å². The van der Waals surface area contributed by atoms with Gasteiger partial charge in [0.1, 0.15) is 0 Å². The van der Waals surface area contributed by atoms with E-state index >= 15 is 0 Å². The van der Waals surface area contributed by atoms with Gasteiger partial charge in [0.2, 0.25) is 5.91 Å². The second-order valence-electron chi connectivity index (χ2n) is 2.83. The van der Waals surface area contributed by atoms with Crippen LogP contribution < -0.4 is 4.90 Å². The Morgan fingerprint density at radius 1 is 1.23 bits per heavy atom. The van der Waals surface area contributed by atoms with Crippen LogP contribution in [0.3, 0.4) is 0 Å². The molecular weight excluding hydrogens is 166 g/mol. The van der Waals surface area contributed by atoms with Crippen LogP contribution in [0.2, 0.25) is 0 Å². The first-order valence-corrected chi connectivity index (χ1v) is 4.06. The lowest BCUT2D eigenvalue weighted by molar-refractivity contribution is -0.117. The number of benzene rings is 1. The Balaban J connectivity index is 2.36. The van der Waals surface area contributed by atoms with Gasteiger partial charge in [0.25, 0.3) is 0 Å². The molecule has 0 atom stereocenters. The molecule has 3 nitrogen and oxygen atoms in total. The molecule has 0 spiro atoms. The molecule has 1 aromatic rings. The molecule has 0 radical (unpaired) electrons. The first-order chi connectivity index (χ1) is 6.29. The third-order valence-corrected chi connectivity index (χ3v) is 1.95. The summed E-state index contributed by atoms with van der Waals surface area (Å²) in [7, 11) is 0. The van der Waals surface area contributed by atoms with Crippen LogP contribution in [0.25, 0.3) is 0 Å². The molecule has 1 aliphatic heterocycles. The van der Waals surface area contributed by atoms with Crippen molar-refractivity contribution in [1.82, 2.24) is 0 Å². The second-order valence-corrected chi connectivity index (χ2v) is 2.83. The van der Waals surface area contributed by atoms with E-state index in [1.165, 1.54) is 11.0 Å². The summed E-state index contributed by atoms with van der Waals surface area (Å²) in [5.74, 6) is -0.0695. The quantitative estimate of drug-likeness (QED) is 0.707. The number of hydrogen-bond donors (Lipinski definition) is 1. The number of hydrogen-bond acceptors (Lipinski definition) is 2. The van der Waals surface area contributed by atoms with Crippen LogP contribution in [0.1, 0.15) is 6.42 Å². The van der Waals surface area contributed by atoms with Crippen LogP contribution in [0.5, 0.6) is 0 Å². The van der Waals surface area contributed by atoms with Gasteiger partial charge >= 0.3 is 0 Å². The number of carbonyl (C=O) groups is 1. The van der Waals surface area contributed by atoms with Crippen molar-refractivity contribution in [2.45, 2.75) is 6.42 Å². The maximum absolute atomic E-state index is 11.3. The van der Waals surface area contributed by atoms with Crippen molar-refractivity contribution in [3.05, 3.63) is 42.3 Å². The molecule has 0 saturated heterocycles. The van der Waals surface area contributed by atoms with E-state index in [-0.39, 0.29) is 18.2 Å². The van der Waals surface area contributed by atoms with Gasteiger partial charge in [-0.25, -0.2) is 0 Å². The van der Waals surface area contributed by atoms with Crippen LogP contribution in [0, 0.1) is 0 Å². The Kier molecular flexibility index (Phi) is 1.77. The number of anilines is 1. The number of amides is 1. The highest BCUT2D eigenvalue weighted by Gasteiger charge is 2.23. The summed E-state index contributed by atoms with van der Waals surface area (Å²) < 4.78 is 0. The summed E-state index contributed by atoms with van der Waals surface area (Å²) in [5.41, 5.74) is 0.707. The van der Waals surface area contributed by atoms with Crippen molar-refractivity contribution in [1.29, 1.82) is 0 Å². The summed E-state index contributed by atoms with van der Waals surface area (Å²) >= 11 is 0. The molecule has 0 saturated carbocycles. The van der Waals surface area contributed by atoms with Gasteiger partial charge < -0.3 is 5.11 Å². The van der Waals surface area contributed by atoms with Crippen LogP contribution >= 0.6 is 0 Å². The summed E-state index contributed by atoms with van der Waals surface area (Å²) in [6.07, 6.45) is 1.79. The van der Waals surface area contributed by atoms with Gasteiger partial charge in [0.15, 0.2) is 5.88 Å². The maximum atomic E-state index is 11.3. The molecule has 0 aliphatic carbocycles. The first kappa shape index (κ1) is 7.86. The van der Waals surface area contributed by atoms with Crippen LogP contribution in [0.15, 0.2) is 42.3 Å². The number of nitrogens with zero attached hydrogens (tertiary/aromatic N) is 1. The van der Waals surface area contributed by atoms with E-state index in [2.05, 4.69) is 0 Å². The minimum absolute atomic E-state index is 0.0243. The molecule has 66 valence electrons. The minimum atomic E-state index is -0.0938. The summed E-state index contributed by atoms with van der Waals surface area (Å²) in [6.45, 7) is 0. The molecule has 0 aromatic heterocycles. The average molecular weight is 175 g/mol. The summed E-state index contributed by atoms with van der Waals surface area (Å²) in [5, 5.41) is 9.38. The fourth-order valence-electron chi connectivity index (χ4n) is 1.34. The van der Waals surface area contributed by atoms with Gasteiger partial charge in [-0.15, -0.1) is 0 Å². The minimum Gasteiger partial charge on any atom is -0.494 e. The average Bonchev–Trinajstić information content (AvgIpc) is 2.48. The largest absolute Gasteiger partial charge is 0.494 e. The predicted molar refractivity (Wildman–Crippen MR) is 49.3 cm³/mol. The first-order valence-electron chi connectivity index (χ1n) is 4.06. The molecule has 2 rings (SSSR count). The van der Waals surface area contributed by atoms with Crippen molar-refractivity contribution < 1.29 is 9.90 Å². The number of aliphatic hydroxyl groups excluding tert-OH is 1. The monoisotopic (exact) mass is 175 g/mol. The van der Waals surface area contributed by atoms with E-state index in [4.69, 9.17) is 0 Å². The van der Waals surface area contributed by atoms with E-state index in [1.807, 2.05) is 18.2 Å². The van der Waals surface area contributed by atoms with Crippen molar-refractivity contribution in [3.8, 4) is 0 Å². The number of carbonyl (C=O) groups excluding carboxylic acids is 1. The Hall–Kier alpha value is -1.77. The zero-order valence-electron chi connectivity index (χ0n) is 6.97. The molecule has 1 heterocycles. The van der Waals surface area contributed by atoms with Crippen LogP contribution in [0.4, 0.5) is 5.69 Å². The normalized spacial score (nSPS) is 16.2. The molecule has 1 aromatic carbocycles. The highest BCUT2D eigenvalue weighted by Crippen LogP contribution is 2.23. The van der Waals surface area contributed by atoms with Gasteiger partial charge in [0, 0.05) is 0 Å². The smallest absolute Gasteiger partial charge is 0.237 e. The molecule has 0 fully saturated rings. The molecule has 13 heavy (non-hydrogen) atoms. The SMILES string of the molecule is O=C1CC=C(O)N1c1ccccc1. The fourth-order valence-corrected chi connectivity index (χ4v) is 1.34. The number of rotatable bonds is 1. The number of aliphatic hydroxyl groups is 1. The Morgan fingerprint density at radius 2 is 1.92 bits per heavy atom. The predicted octanol–water partition coefficient (Wildman–Crippen LogP) is 1.82. The Bertz CT molecular complexity index is 356. The molecule has 0 bridgehead atoms. The Morgan fingerprint density at radius 3 is 2.46 bits per heavy atom. The van der Waals surface area contributed by atoms with Gasteiger partial charge in [-0.05, 0) is 18.2 Å². The summed E-state index contributed by atoms with van der Waals surface area (Å²) in [4.78, 5) is 12.6. The second kappa shape index (κ2) is 2.94. The molecular formula is C10H9NO2. The molecule has 0 unspecified atom stereocenters. The third-order valence-electron chi connectivity index (χ3n) is 1.95. The number of para-hydroxylation sites is 1. The van der Waals surface area contributed by atoms with E-state index in [0.717, 1.165) is 0 Å². The summed E-state index contributed by atoms with van der Waals surface area (Å²) in [6, 6.07) is 9.09. The maximum Gasteiger partial charge on any atom is 0.237 e.